The summed E-state index contributed by atoms with van der Waals surface area (Å²) in [7, 11) is 0. The molecule has 0 aliphatic carbocycles. The molecule has 1 heterocycles. The van der Waals surface area contributed by atoms with E-state index >= 15 is 0 Å². The molecule has 3 aromatic rings. The minimum Gasteiger partial charge on any atom is -0.507 e. The van der Waals surface area contributed by atoms with E-state index in [1.807, 2.05) is 24.3 Å². The van der Waals surface area contributed by atoms with Crippen LogP contribution < -0.4 is 5.63 Å². The molecule has 0 aliphatic rings. The standard InChI is InChI=1S/C16H11BrO3/c17-13-8-10(5-6-14(13)18)7-12-9-11-3-1-2-4-15(11)20-16(12)19/h1-6,8-9,18H,7H2. The summed E-state index contributed by atoms with van der Waals surface area (Å²) in [6, 6.07) is 14.5. The zero-order valence-corrected chi connectivity index (χ0v) is 12.1. The largest absolute Gasteiger partial charge is 0.507 e. The zero-order chi connectivity index (χ0) is 14.1. The van der Waals surface area contributed by atoms with Gasteiger partial charge in [-0.3, -0.25) is 0 Å². The summed E-state index contributed by atoms with van der Waals surface area (Å²) in [5, 5.41) is 10.4. The number of aromatic hydroxyl groups is 1. The van der Waals surface area contributed by atoms with Gasteiger partial charge in [0.25, 0.3) is 0 Å². The molecule has 0 saturated carbocycles. The van der Waals surface area contributed by atoms with Crippen molar-refractivity contribution in [1.29, 1.82) is 0 Å². The zero-order valence-electron chi connectivity index (χ0n) is 10.5. The summed E-state index contributed by atoms with van der Waals surface area (Å²) in [6.45, 7) is 0. The molecule has 100 valence electrons. The van der Waals surface area contributed by atoms with Gasteiger partial charge in [0.05, 0.1) is 4.47 Å². The Kier molecular flexibility index (Phi) is 3.32. The van der Waals surface area contributed by atoms with Crippen molar-refractivity contribution in [3.8, 4) is 5.75 Å². The Labute approximate surface area is 123 Å². The Balaban J connectivity index is 2.03. The molecule has 20 heavy (non-hydrogen) atoms. The van der Waals surface area contributed by atoms with Crippen LogP contribution in [-0.4, -0.2) is 5.11 Å². The van der Waals surface area contributed by atoms with Crippen molar-refractivity contribution in [3.63, 3.8) is 0 Å². The number of phenols is 1. The number of rotatable bonds is 2. The van der Waals surface area contributed by atoms with Crippen molar-refractivity contribution in [1.82, 2.24) is 0 Å². The van der Waals surface area contributed by atoms with Gasteiger partial charge in [0, 0.05) is 17.4 Å². The number of fused-ring (bicyclic) bond motifs is 1. The third-order valence-electron chi connectivity index (χ3n) is 3.12. The Morgan fingerprint density at radius 3 is 2.70 bits per heavy atom. The fraction of sp³-hybridized carbons (Fsp3) is 0.0625. The van der Waals surface area contributed by atoms with Gasteiger partial charge >= 0.3 is 5.63 Å². The third kappa shape index (κ3) is 2.47. The molecule has 0 spiro atoms. The molecule has 0 radical (unpaired) electrons. The molecule has 1 aromatic heterocycles. The number of hydrogen-bond acceptors (Lipinski definition) is 3. The highest BCUT2D eigenvalue weighted by molar-refractivity contribution is 9.10. The van der Waals surface area contributed by atoms with Crippen LogP contribution in [0.4, 0.5) is 0 Å². The number of halogens is 1. The number of para-hydroxylation sites is 1. The molecule has 3 nitrogen and oxygen atoms in total. The Bertz CT molecular complexity index is 836. The lowest BCUT2D eigenvalue weighted by Crippen LogP contribution is -2.07. The molecule has 0 amide bonds. The van der Waals surface area contributed by atoms with Crippen LogP contribution in [0.3, 0.4) is 0 Å². The van der Waals surface area contributed by atoms with Crippen molar-refractivity contribution in [2.45, 2.75) is 6.42 Å². The highest BCUT2D eigenvalue weighted by atomic mass is 79.9. The maximum Gasteiger partial charge on any atom is 0.339 e. The van der Waals surface area contributed by atoms with Gasteiger partial charge in [-0.25, -0.2) is 4.79 Å². The average molecular weight is 331 g/mol. The van der Waals surface area contributed by atoms with Crippen molar-refractivity contribution >= 4 is 26.9 Å². The summed E-state index contributed by atoms with van der Waals surface area (Å²) in [5.74, 6) is 0.180. The first-order chi connectivity index (χ1) is 9.63. The molecule has 0 aliphatic heterocycles. The molecule has 4 heteroatoms. The number of benzene rings is 2. The van der Waals surface area contributed by atoms with Crippen molar-refractivity contribution in [2.75, 3.05) is 0 Å². The Morgan fingerprint density at radius 2 is 1.90 bits per heavy atom. The first-order valence-electron chi connectivity index (χ1n) is 6.12. The van der Waals surface area contributed by atoms with Gasteiger partial charge in [-0.2, -0.15) is 0 Å². The van der Waals surface area contributed by atoms with Crippen molar-refractivity contribution in [3.05, 3.63) is 74.6 Å². The molecule has 2 aromatic carbocycles. The van der Waals surface area contributed by atoms with Crippen LogP contribution in [-0.2, 0) is 6.42 Å². The molecule has 0 bridgehead atoms. The normalized spacial score (nSPS) is 10.8. The van der Waals surface area contributed by atoms with Crippen LogP contribution in [0.25, 0.3) is 11.0 Å². The van der Waals surface area contributed by atoms with Gasteiger partial charge in [-0.05, 0) is 45.8 Å². The van der Waals surface area contributed by atoms with Gasteiger partial charge in [-0.15, -0.1) is 0 Å². The van der Waals surface area contributed by atoms with Crippen molar-refractivity contribution < 1.29 is 9.52 Å². The lowest BCUT2D eigenvalue weighted by molar-refractivity contribution is 0.471. The molecule has 0 atom stereocenters. The highest BCUT2D eigenvalue weighted by Crippen LogP contribution is 2.25. The second kappa shape index (κ2) is 5.13. The fourth-order valence-corrected chi connectivity index (χ4v) is 2.53. The van der Waals surface area contributed by atoms with Crippen LogP contribution >= 0.6 is 15.9 Å². The monoisotopic (exact) mass is 330 g/mol. The van der Waals surface area contributed by atoms with Crippen LogP contribution in [0.2, 0.25) is 0 Å². The molecule has 0 fully saturated rings. The maximum atomic E-state index is 12.0. The third-order valence-corrected chi connectivity index (χ3v) is 3.76. The van der Waals surface area contributed by atoms with Crippen LogP contribution in [0.5, 0.6) is 5.75 Å². The topological polar surface area (TPSA) is 50.4 Å². The second-order valence-electron chi connectivity index (χ2n) is 4.56. The number of phenolic OH excluding ortho intramolecular Hbond substituents is 1. The van der Waals surface area contributed by atoms with E-state index < -0.39 is 0 Å². The lowest BCUT2D eigenvalue weighted by Gasteiger charge is -2.04. The quantitative estimate of drug-likeness (QED) is 0.726. The SMILES string of the molecule is O=c1oc2ccccc2cc1Cc1ccc(O)c(Br)c1. The number of hydrogen-bond donors (Lipinski definition) is 1. The first kappa shape index (κ1) is 12.9. The fourth-order valence-electron chi connectivity index (χ4n) is 2.11. The minimum atomic E-state index is -0.326. The molecular formula is C16H11BrO3. The lowest BCUT2D eigenvalue weighted by atomic mass is 10.1. The van der Waals surface area contributed by atoms with Gasteiger partial charge in [-0.1, -0.05) is 24.3 Å². The van der Waals surface area contributed by atoms with E-state index in [0.29, 0.717) is 22.0 Å². The molecule has 1 N–H and O–H groups in total. The van der Waals surface area contributed by atoms with E-state index in [1.165, 1.54) is 0 Å². The molecule has 0 unspecified atom stereocenters. The summed E-state index contributed by atoms with van der Waals surface area (Å²) in [5.41, 5.74) is 1.79. The van der Waals surface area contributed by atoms with E-state index in [1.54, 1.807) is 24.3 Å². The van der Waals surface area contributed by atoms with E-state index in [9.17, 15) is 9.90 Å². The first-order valence-corrected chi connectivity index (χ1v) is 6.92. The minimum absolute atomic E-state index is 0.180. The summed E-state index contributed by atoms with van der Waals surface area (Å²) < 4.78 is 5.91. The highest BCUT2D eigenvalue weighted by Gasteiger charge is 2.07. The van der Waals surface area contributed by atoms with E-state index in [-0.39, 0.29) is 11.4 Å². The van der Waals surface area contributed by atoms with E-state index in [4.69, 9.17) is 4.42 Å². The maximum absolute atomic E-state index is 12.0. The smallest absolute Gasteiger partial charge is 0.339 e. The summed E-state index contributed by atoms with van der Waals surface area (Å²) in [6.07, 6.45) is 0.464. The van der Waals surface area contributed by atoms with Crippen LogP contribution in [0.15, 0.2) is 62.2 Å². The molecular weight excluding hydrogens is 320 g/mol. The Morgan fingerprint density at radius 1 is 1.10 bits per heavy atom. The van der Waals surface area contributed by atoms with Gasteiger partial charge in [0.2, 0.25) is 0 Å². The predicted molar refractivity (Wildman–Crippen MR) is 81.1 cm³/mol. The molecule has 0 saturated heterocycles. The second-order valence-corrected chi connectivity index (χ2v) is 5.41. The van der Waals surface area contributed by atoms with Gasteiger partial charge in [0.1, 0.15) is 11.3 Å². The average Bonchev–Trinajstić information content (AvgIpc) is 2.44. The van der Waals surface area contributed by atoms with Crippen molar-refractivity contribution in [2.24, 2.45) is 0 Å². The van der Waals surface area contributed by atoms with Gasteiger partial charge < -0.3 is 9.52 Å². The Hall–Kier alpha value is -2.07. The molecule has 3 rings (SSSR count). The van der Waals surface area contributed by atoms with Gasteiger partial charge in [0.15, 0.2) is 0 Å². The van der Waals surface area contributed by atoms with E-state index in [0.717, 1.165) is 10.9 Å². The predicted octanol–water partition coefficient (Wildman–Crippen LogP) is 3.85. The van der Waals surface area contributed by atoms with E-state index in [2.05, 4.69) is 15.9 Å². The summed E-state index contributed by atoms with van der Waals surface area (Å²) >= 11 is 3.27. The summed E-state index contributed by atoms with van der Waals surface area (Å²) in [4.78, 5) is 12.0. The van der Waals surface area contributed by atoms with Crippen LogP contribution in [0, 0.1) is 0 Å². The van der Waals surface area contributed by atoms with Crippen LogP contribution in [0.1, 0.15) is 11.1 Å².